The van der Waals surface area contributed by atoms with Gasteiger partial charge in [0, 0.05) is 6.61 Å². The first-order valence-corrected chi connectivity index (χ1v) is 7.36. The van der Waals surface area contributed by atoms with Crippen molar-refractivity contribution in [2.24, 2.45) is 5.84 Å². The molecule has 0 saturated carbocycles. The highest BCUT2D eigenvalue weighted by atomic mass is 16.5. The van der Waals surface area contributed by atoms with Crippen molar-refractivity contribution in [1.29, 1.82) is 0 Å². The second-order valence-electron chi connectivity index (χ2n) is 5.03. The van der Waals surface area contributed by atoms with Gasteiger partial charge in [-0.2, -0.15) is 0 Å². The molecule has 0 fully saturated rings. The molecule has 0 aliphatic rings. The van der Waals surface area contributed by atoms with E-state index in [2.05, 4.69) is 54.8 Å². The maximum Gasteiger partial charge on any atom is 0.0782 e. The van der Waals surface area contributed by atoms with Crippen LogP contribution in [0.1, 0.15) is 38.3 Å². The van der Waals surface area contributed by atoms with E-state index in [-0.39, 0.29) is 12.1 Å². The van der Waals surface area contributed by atoms with E-state index in [1.54, 1.807) is 0 Å². The van der Waals surface area contributed by atoms with Gasteiger partial charge in [-0.1, -0.05) is 49.7 Å². The highest BCUT2D eigenvalue weighted by Gasteiger charge is 2.22. The first kappa shape index (κ1) is 15.0. The molecule has 108 valence electrons. The topological polar surface area (TPSA) is 47.3 Å². The number of benzene rings is 2. The Morgan fingerprint density at radius 2 is 1.85 bits per heavy atom. The highest BCUT2D eigenvalue weighted by Crippen LogP contribution is 2.25. The lowest BCUT2D eigenvalue weighted by atomic mass is 9.96. The van der Waals surface area contributed by atoms with E-state index in [0.29, 0.717) is 6.61 Å². The monoisotopic (exact) mass is 272 g/mol. The molecule has 3 heteroatoms. The third-order valence-corrected chi connectivity index (χ3v) is 3.64. The van der Waals surface area contributed by atoms with Crippen LogP contribution in [0.5, 0.6) is 0 Å². The van der Waals surface area contributed by atoms with Gasteiger partial charge in [-0.25, -0.2) is 0 Å². The van der Waals surface area contributed by atoms with Crippen LogP contribution in [0, 0.1) is 0 Å². The Kier molecular flexibility index (Phi) is 5.53. The molecule has 3 N–H and O–H groups in total. The molecule has 2 aromatic rings. The second kappa shape index (κ2) is 7.39. The van der Waals surface area contributed by atoms with Crippen molar-refractivity contribution in [3.63, 3.8) is 0 Å². The quantitative estimate of drug-likeness (QED) is 0.598. The number of hydrogen-bond donors (Lipinski definition) is 2. The Morgan fingerprint density at radius 3 is 2.50 bits per heavy atom. The summed E-state index contributed by atoms with van der Waals surface area (Å²) < 4.78 is 5.86. The molecule has 3 nitrogen and oxygen atoms in total. The maximum absolute atomic E-state index is 5.86. The molecular formula is C17H24N2O. The number of nitrogens with two attached hydrogens (primary N) is 1. The lowest BCUT2D eigenvalue weighted by Crippen LogP contribution is -2.38. The third kappa shape index (κ3) is 3.37. The van der Waals surface area contributed by atoms with Crippen LogP contribution in [-0.4, -0.2) is 12.7 Å². The fourth-order valence-electron chi connectivity index (χ4n) is 2.66. The van der Waals surface area contributed by atoms with Crippen molar-refractivity contribution >= 4 is 10.8 Å². The molecule has 0 aromatic heterocycles. The zero-order chi connectivity index (χ0) is 14.4. The van der Waals surface area contributed by atoms with Gasteiger partial charge in [0.1, 0.15) is 0 Å². The predicted octanol–water partition coefficient (Wildman–Crippen LogP) is 3.55. The highest BCUT2D eigenvalue weighted by molar-refractivity contribution is 5.83. The summed E-state index contributed by atoms with van der Waals surface area (Å²) in [7, 11) is 0. The van der Waals surface area contributed by atoms with Crippen molar-refractivity contribution in [3.8, 4) is 0 Å². The number of hydrogen-bond acceptors (Lipinski definition) is 3. The van der Waals surface area contributed by atoms with Crippen molar-refractivity contribution in [1.82, 2.24) is 5.43 Å². The molecule has 0 spiro atoms. The third-order valence-electron chi connectivity index (χ3n) is 3.64. The summed E-state index contributed by atoms with van der Waals surface area (Å²) in [5, 5.41) is 2.48. The van der Waals surface area contributed by atoms with Crippen LogP contribution in [0.25, 0.3) is 10.8 Å². The van der Waals surface area contributed by atoms with Crippen LogP contribution in [0.3, 0.4) is 0 Å². The Balaban J connectivity index is 2.31. The van der Waals surface area contributed by atoms with E-state index < -0.39 is 0 Å². The molecule has 2 aromatic carbocycles. The molecule has 0 amide bonds. The van der Waals surface area contributed by atoms with Crippen LogP contribution in [0.15, 0.2) is 42.5 Å². The number of rotatable bonds is 7. The maximum atomic E-state index is 5.86. The average molecular weight is 272 g/mol. The number of hydrazine groups is 1. The summed E-state index contributed by atoms with van der Waals surface area (Å²) in [4.78, 5) is 0. The fourth-order valence-corrected chi connectivity index (χ4v) is 2.66. The number of fused-ring (bicyclic) bond motifs is 1. The van der Waals surface area contributed by atoms with Gasteiger partial charge in [0.25, 0.3) is 0 Å². The summed E-state index contributed by atoms with van der Waals surface area (Å²) in [6.45, 7) is 4.90. The lowest BCUT2D eigenvalue weighted by molar-refractivity contribution is 0.0276. The Bertz CT molecular complexity index is 535. The minimum Gasteiger partial charge on any atom is -0.376 e. The Labute approximate surface area is 121 Å². The van der Waals surface area contributed by atoms with E-state index >= 15 is 0 Å². The van der Waals surface area contributed by atoms with Crippen LogP contribution >= 0.6 is 0 Å². The van der Waals surface area contributed by atoms with E-state index in [9.17, 15) is 0 Å². The summed E-state index contributed by atoms with van der Waals surface area (Å²) in [6.07, 6.45) is 2.18. The summed E-state index contributed by atoms with van der Waals surface area (Å²) in [5.41, 5.74) is 4.11. The summed E-state index contributed by atoms with van der Waals surface area (Å²) in [6, 6.07) is 14.9. The molecular weight excluding hydrogens is 248 g/mol. The van der Waals surface area contributed by atoms with Crippen LogP contribution in [0.2, 0.25) is 0 Å². The van der Waals surface area contributed by atoms with Crippen molar-refractivity contribution in [2.45, 2.75) is 38.8 Å². The van der Waals surface area contributed by atoms with Gasteiger partial charge >= 0.3 is 0 Å². The largest absolute Gasteiger partial charge is 0.376 e. The van der Waals surface area contributed by atoms with Gasteiger partial charge in [0.2, 0.25) is 0 Å². The summed E-state index contributed by atoms with van der Waals surface area (Å²) in [5.74, 6) is 5.78. The molecule has 0 heterocycles. The number of ether oxygens (including phenoxy) is 1. The van der Waals surface area contributed by atoms with E-state index in [1.807, 2.05) is 6.92 Å². The van der Waals surface area contributed by atoms with Gasteiger partial charge in [0.15, 0.2) is 0 Å². The molecule has 2 unspecified atom stereocenters. The fraction of sp³-hybridized carbons (Fsp3) is 0.412. The van der Waals surface area contributed by atoms with Gasteiger partial charge in [-0.05, 0) is 35.7 Å². The molecule has 0 aliphatic heterocycles. The minimum absolute atomic E-state index is 0.0273. The first-order chi connectivity index (χ1) is 9.80. The van der Waals surface area contributed by atoms with Gasteiger partial charge in [0.05, 0.1) is 12.1 Å². The van der Waals surface area contributed by atoms with Gasteiger partial charge < -0.3 is 4.74 Å². The zero-order valence-electron chi connectivity index (χ0n) is 12.3. The molecule has 0 bridgehead atoms. The Hall–Kier alpha value is -1.42. The lowest BCUT2D eigenvalue weighted by Gasteiger charge is -2.27. The number of nitrogens with one attached hydrogen (secondary N) is 1. The van der Waals surface area contributed by atoms with Crippen LogP contribution in [-0.2, 0) is 4.74 Å². The predicted molar refractivity (Wildman–Crippen MR) is 84.3 cm³/mol. The first-order valence-electron chi connectivity index (χ1n) is 7.36. The average Bonchev–Trinajstić information content (AvgIpc) is 2.48. The van der Waals surface area contributed by atoms with E-state index in [4.69, 9.17) is 10.6 Å². The van der Waals surface area contributed by atoms with Gasteiger partial charge in [-0.3, -0.25) is 11.3 Å². The molecule has 0 saturated heterocycles. The standard InChI is InChI=1S/C17H24N2O/c1-3-7-16(20-4-2)17(19-18)15-11-10-13-8-5-6-9-14(13)12-15/h5-6,8-12,16-17,19H,3-4,7,18H2,1-2H3. The second-order valence-corrected chi connectivity index (χ2v) is 5.03. The Morgan fingerprint density at radius 1 is 1.10 bits per heavy atom. The van der Waals surface area contributed by atoms with E-state index in [0.717, 1.165) is 12.8 Å². The minimum atomic E-state index is 0.0273. The van der Waals surface area contributed by atoms with Crippen molar-refractivity contribution < 1.29 is 4.74 Å². The van der Waals surface area contributed by atoms with Crippen LogP contribution in [0.4, 0.5) is 0 Å². The van der Waals surface area contributed by atoms with Gasteiger partial charge in [-0.15, -0.1) is 0 Å². The molecule has 0 radical (unpaired) electrons. The van der Waals surface area contributed by atoms with Crippen molar-refractivity contribution in [3.05, 3.63) is 48.0 Å². The normalized spacial score (nSPS) is 14.3. The van der Waals surface area contributed by atoms with Crippen molar-refractivity contribution in [2.75, 3.05) is 6.61 Å². The molecule has 2 atom stereocenters. The summed E-state index contributed by atoms with van der Waals surface area (Å²) >= 11 is 0. The van der Waals surface area contributed by atoms with Crippen LogP contribution < -0.4 is 11.3 Å². The molecule has 2 rings (SSSR count). The SMILES string of the molecule is CCCC(OCC)C(NN)c1ccc2ccccc2c1. The zero-order valence-corrected chi connectivity index (χ0v) is 12.3. The van der Waals surface area contributed by atoms with E-state index in [1.165, 1.54) is 16.3 Å². The molecule has 20 heavy (non-hydrogen) atoms. The molecule has 0 aliphatic carbocycles. The smallest absolute Gasteiger partial charge is 0.0782 e.